The molecular weight excluding hydrogens is 298 g/mol. The molecule has 0 atom stereocenters. The number of hydrogen-bond acceptors (Lipinski definition) is 4. The Balaban J connectivity index is 2.44. The number of halogens is 1. The first kappa shape index (κ1) is 14.9. The van der Waals surface area contributed by atoms with Crippen molar-refractivity contribution in [3.05, 3.63) is 28.9 Å². The van der Waals surface area contributed by atoms with Gasteiger partial charge in [-0.3, -0.25) is 9.36 Å². The number of carbonyl (C=O) groups is 1. The lowest BCUT2D eigenvalue weighted by atomic mass is 10.3. The Kier molecular flexibility index (Phi) is 4.67. The summed E-state index contributed by atoms with van der Waals surface area (Å²) in [5.41, 5.74) is 2.56. The molecule has 0 unspecified atom stereocenters. The SMILES string of the molecule is CC(C)=CCn1c(SCC(=O)O)nc2cc(Cl)cnc21. The molecule has 2 heterocycles. The molecule has 2 rings (SSSR count). The molecule has 0 amide bonds. The zero-order valence-electron chi connectivity index (χ0n) is 11.1. The van der Waals surface area contributed by atoms with Crippen LogP contribution in [-0.4, -0.2) is 31.4 Å². The molecule has 0 bridgehead atoms. The van der Waals surface area contributed by atoms with Crippen molar-refractivity contribution in [2.75, 3.05) is 5.75 Å². The summed E-state index contributed by atoms with van der Waals surface area (Å²) in [7, 11) is 0. The van der Waals surface area contributed by atoms with Crippen molar-refractivity contribution >= 4 is 40.5 Å². The van der Waals surface area contributed by atoms with Crippen LogP contribution in [-0.2, 0) is 11.3 Å². The maximum absolute atomic E-state index is 10.7. The minimum Gasteiger partial charge on any atom is -0.481 e. The van der Waals surface area contributed by atoms with Gasteiger partial charge in [-0.15, -0.1) is 0 Å². The highest BCUT2D eigenvalue weighted by Crippen LogP contribution is 2.24. The van der Waals surface area contributed by atoms with E-state index in [1.165, 1.54) is 17.3 Å². The maximum Gasteiger partial charge on any atom is 0.313 e. The molecule has 0 radical (unpaired) electrons. The topological polar surface area (TPSA) is 68.0 Å². The number of pyridine rings is 1. The molecule has 5 nitrogen and oxygen atoms in total. The normalized spacial score (nSPS) is 10.8. The standard InChI is InChI=1S/C13H14ClN3O2S/c1-8(2)3-4-17-12-10(5-9(14)6-15-12)16-13(17)20-7-11(18)19/h3,5-6H,4,7H2,1-2H3,(H,18,19). The Hall–Kier alpha value is -1.53. The fraction of sp³-hybridized carbons (Fsp3) is 0.308. The summed E-state index contributed by atoms with van der Waals surface area (Å²) in [6.45, 7) is 4.62. The number of imidazole rings is 1. The third kappa shape index (κ3) is 3.52. The summed E-state index contributed by atoms with van der Waals surface area (Å²) in [4.78, 5) is 19.4. The molecule has 0 saturated carbocycles. The lowest BCUT2D eigenvalue weighted by molar-refractivity contribution is -0.133. The van der Waals surface area contributed by atoms with Crippen LogP contribution in [0.25, 0.3) is 11.2 Å². The molecule has 0 aliphatic heterocycles. The Bertz CT molecular complexity index is 678. The Morgan fingerprint density at radius 3 is 2.95 bits per heavy atom. The number of thioether (sulfide) groups is 1. The molecule has 7 heteroatoms. The van der Waals surface area contributed by atoms with Crippen LogP contribution in [0, 0.1) is 0 Å². The van der Waals surface area contributed by atoms with Gasteiger partial charge in [0, 0.05) is 12.7 Å². The van der Waals surface area contributed by atoms with Gasteiger partial charge >= 0.3 is 5.97 Å². The number of carboxylic acids is 1. The summed E-state index contributed by atoms with van der Waals surface area (Å²) in [6.07, 6.45) is 3.61. The van der Waals surface area contributed by atoms with E-state index in [9.17, 15) is 4.79 Å². The average molecular weight is 312 g/mol. The van der Waals surface area contributed by atoms with E-state index in [1.54, 1.807) is 12.3 Å². The minimum atomic E-state index is -0.873. The second kappa shape index (κ2) is 6.28. The second-order valence-electron chi connectivity index (χ2n) is 4.47. The summed E-state index contributed by atoms with van der Waals surface area (Å²) < 4.78 is 1.90. The molecule has 20 heavy (non-hydrogen) atoms. The van der Waals surface area contributed by atoms with Crippen LogP contribution in [0.15, 0.2) is 29.1 Å². The van der Waals surface area contributed by atoms with E-state index in [1.807, 2.05) is 24.5 Å². The molecule has 2 aromatic heterocycles. The second-order valence-corrected chi connectivity index (χ2v) is 5.84. The third-order valence-corrected chi connectivity index (χ3v) is 3.69. The molecule has 0 aliphatic rings. The van der Waals surface area contributed by atoms with E-state index in [4.69, 9.17) is 16.7 Å². The van der Waals surface area contributed by atoms with Gasteiger partial charge in [-0.1, -0.05) is 35.0 Å². The van der Waals surface area contributed by atoms with E-state index in [0.717, 1.165) is 0 Å². The van der Waals surface area contributed by atoms with E-state index in [-0.39, 0.29) is 5.75 Å². The van der Waals surface area contributed by atoms with Crippen LogP contribution in [0.2, 0.25) is 5.02 Å². The third-order valence-electron chi connectivity index (χ3n) is 2.52. The van der Waals surface area contributed by atoms with Crippen molar-refractivity contribution in [3.8, 4) is 0 Å². The first-order valence-corrected chi connectivity index (χ1v) is 7.33. The number of fused-ring (bicyclic) bond motifs is 1. The average Bonchev–Trinajstić information content (AvgIpc) is 2.70. The van der Waals surface area contributed by atoms with E-state index >= 15 is 0 Å². The quantitative estimate of drug-likeness (QED) is 0.678. The van der Waals surface area contributed by atoms with Gasteiger partial charge in [-0.2, -0.15) is 0 Å². The van der Waals surface area contributed by atoms with Crippen LogP contribution in [0.1, 0.15) is 13.8 Å². The van der Waals surface area contributed by atoms with Crippen molar-refractivity contribution in [1.82, 2.24) is 14.5 Å². The number of allylic oxidation sites excluding steroid dienone is 2. The zero-order valence-corrected chi connectivity index (χ0v) is 12.7. The lowest BCUT2D eigenvalue weighted by Gasteiger charge is -2.04. The molecule has 0 aliphatic carbocycles. The van der Waals surface area contributed by atoms with Gasteiger partial charge in [0.05, 0.1) is 10.8 Å². The first-order chi connectivity index (χ1) is 9.47. The highest BCUT2D eigenvalue weighted by molar-refractivity contribution is 7.99. The van der Waals surface area contributed by atoms with Crippen LogP contribution in [0.5, 0.6) is 0 Å². The summed E-state index contributed by atoms with van der Waals surface area (Å²) >= 11 is 7.09. The number of rotatable bonds is 5. The highest BCUT2D eigenvalue weighted by Gasteiger charge is 2.13. The fourth-order valence-corrected chi connectivity index (χ4v) is 2.52. The maximum atomic E-state index is 10.7. The molecule has 0 fully saturated rings. The lowest BCUT2D eigenvalue weighted by Crippen LogP contribution is -2.03. The molecule has 2 aromatic rings. The van der Waals surface area contributed by atoms with E-state index in [2.05, 4.69) is 9.97 Å². The Morgan fingerprint density at radius 1 is 1.55 bits per heavy atom. The zero-order chi connectivity index (χ0) is 14.7. The van der Waals surface area contributed by atoms with Gasteiger partial charge < -0.3 is 5.11 Å². The van der Waals surface area contributed by atoms with Crippen molar-refractivity contribution in [1.29, 1.82) is 0 Å². The molecule has 0 saturated heterocycles. The van der Waals surface area contributed by atoms with Crippen molar-refractivity contribution in [3.63, 3.8) is 0 Å². The number of nitrogens with zero attached hydrogens (tertiary/aromatic N) is 3. The number of aromatic nitrogens is 3. The molecule has 1 N–H and O–H groups in total. The van der Waals surface area contributed by atoms with Crippen LogP contribution < -0.4 is 0 Å². The summed E-state index contributed by atoms with van der Waals surface area (Å²) in [5.74, 6) is -0.909. The predicted molar refractivity (Wildman–Crippen MR) is 80.3 cm³/mol. The summed E-state index contributed by atoms with van der Waals surface area (Å²) in [6, 6.07) is 1.73. The van der Waals surface area contributed by atoms with Gasteiger partial charge in [-0.05, 0) is 19.9 Å². The van der Waals surface area contributed by atoms with Crippen molar-refractivity contribution in [2.45, 2.75) is 25.5 Å². The van der Waals surface area contributed by atoms with Gasteiger partial charge in [-0.25, -0.2) is 9.97 Å². The molecule has 0 spiro atoms. The number of carboxylic acid groups (broad SMARTS) is 1. The smallest absolute Gasteiger partial charge is 0.313 e. The van der Waals surface area contributed by atoms with Gasteiger partial charge in [0.1, 0.15) is 5.52 Å². The van der Waals surface area contributed by atoms with Crippen molar-refractivity contribution < 1.29 is 9.90 Å². The van der Waals surface area contributed by atoms with Crippen LogP contribution in [0.3, 0.4) is 0 Å². The van der Waals surface area contributed by atoms with Crippen LogP contribution in [0.4, 0.5) is 0 Å². The first-order valence-electron chi connectivity index (χ1n) is 5.97. The molecular formula is C13H14ClN3O2S. The minimum absolute atomic E-state index is 0.0358. The van der Waals surface area contributed by atoms with Gasteiger partial charge in [0.2, 0.25) is 0 Å². The molecule has 106 valence electrons. The highest BCUT2D eigenvalue weighted by atomic mass is 35.5. The van der Waals surface area contributed by atoms with Crippen molar-refractivity contribution in [2.24, 2.45) is 0 Å². The largest absolute Gasteiger partial charge is 0.481 e. The molecule has 0 aromatic carbocycles. The predicted octanol–water partition coefficient (Wildman–Crippen LogP) is 3.23. The van der Waals surface area contributed by atoms with Gasteiger partial charge in [0.25, 0.3) is 0 Å². The van der Waals surface area contributed by atoms with Gasteiger partial charge in [0.15, 0.2) is 10.8 Å². The Labute approximate surface area is 125 Å². The Morgan fingerprint density at radius 2 is 2.30 bits per heavy atom. The number of aliphatic carboxylic acids is 1. The monoisotopic (exact) mass is 311 g/mol. The van der Waals surface area contributed by atoms with E-state index < -0.39 is 5.97 Å². The fourth-order valence-electron chi connectivity index (χ4n) is 1.64. The number of hydrogen-bond donors (Lipinski definition) is 1. The van der Waals surface area contributed by atoms with E-state index in [0.29, 0.717) is 27.9 Å². The summed E-state index contributed by atoms with van der Waals surface area (Å²) in [5, 5.41) is 9.94. The van der Waals surface area contributed by atoms with Crippen LogP contribution >= 0.6 is 23.4 Å².